The fourth-order valence-electron chi connectivity index (χ4n) is 1.82. The molecular formula is C13H15FN2S. The summed E-state index contributed by atoms with van der Waals surface area (Å²) in [5.41, 5.74) is 4.93. The highest BCUT2D eigenvalue weighted by Gasteiger charge is 2.10. The first-order valence-electron chi connectivity index (χ1n) is 5.52. The first-order valence-corrected chi connectivity index (χ1v) is 6.46. The van der Waals surface area contributed by atoms with E-state index < -0.39 is 0 Å². The number of benzene rings is 1. The van der Waals surface area contributed by atoms with Gasteiger partial charge in [0.1, 0.15) is 5.82 Å². The molecule has 1 atom stereocenters. The zero-order valence-electron chi connectivity index (χ0n) is 9.40. The Hall–Kier alpha value is -1.23. The number of nitrogens with two attached hydrogens (primary N) is 1. The van der Waals surface area contributed by atoms with Crippen molar-refractivity contribution in [3.63, 3.8) is 0 Å². The SMILES string of the molecule is NNC(CCc1ccsc1)c1cccc(F)c1. The van der Waals surface area contributed by atoms with E-state index in [1.54, 1.807) is 17.4 Å². The lowest BCUT2D eigenvalue weighted by Gasteiger charge is -2.15. The fourth-order valence-corrected chi connectivity index (χ4v) is 2.52. The first-order chi connectivity index (χ1) is 8.29. The Morgan fingerprint density at radius 2 is 2.24 bits per heavy atom. The van der Waals surface area contributed by atoms with Gasteiger partial charge in [-0.15, -0.1) is 0 Å². The minimum atomic E-state index is -0.224. The summed E-state index contributed by atoms with van der Waals surface area (Å²) in [5.74, 6) is 5.30. The molecule has 1 aromatic carbocycles. The number of nitrogens with one attached hydrogen (secondary N) is 1. The second-order valence-electron chi connectivity index (χ2n) is 3.94. The molecule has 0 saturated heterocycles. The van der Waals surface area contributed by atoms with Crippen LogP contribution in [0.4, 0.5) is 4.39 Å². The fraction of sp³-hybridized carbons (Fsp3) is 0.231. The van der Waals surface area contributed by atoms with Gasteiger partial charge in [0.15, 0.2) is 0 Å². The molecule has 0 bridgehead atoms. The van der Waals surface area contributed by atoms with Crippen LogP contribution in [0.15, 0.2) is 41.1 Å². The average molecular weight is 250 g/mol. The third-order valence-corrected chi connectivity index (χ3v) is 3.49. The molecule has 0 aliphatic heterocycles. The smallest absolute Gasteiger partial charge is 0.123 e. The lowest BCUT2D eigenvalue weighted by Crippen LogP contribution is -2.28. The molecule has 17 heavy (non-hydrogen) atoms. The van der Waals surface area contributed by atoms with Gasteiger partial charge in [-0.25, -0.2) is 4.39 Å². The summed E-state index contributed by atoms with van der Waals surface area (Å²) in [6, 6.07) is 8.66. The Morgan fingerprint density at radius 3 is 2.88 bits per heavy atom. The summed E-state index contributed by atoms with van der Waals surface area (Å²) in [5, 5.41) is 4.18. The maximum absolute atomic E-state index is 13.1. The van der Waals surface area contributed by atoms with E-state index in [2.05, 4.69) is 22.3 Å². The Balaban J connectivity index is 2.01. The van der Waals surface area contributed by atoms with Gasteiger partial charge in [-0.3, -0.25) is 11.3 Å². The molecule has 2 aromatic rings. The molecule has 0 amide bonds. The van der Waals surface area contributed by atoms with Crippen molar-refractivity contribution in [3.8, 4) is 0 Å². The standard InChI is InChI=1S/C13H15FN2S/c14-12-3-1-2-11(8-12)13(16-15)5-4-10-6-7-17-9-10/h1-3,6-9,13,16H,4-5,15H2. The molecule has 2 nitrogen and oxygen atoms in total. The van der Waals surface area contributed by atoms with Gasteiger partial charge >= 0.3 is 0 Å². The maximum atomic E-state index is 13.1. The molecule has 1 aromatic heterocycles. The molecule has 1 heterocycles. The molecule has 0 saturated carbocycles. The van der Waals surface area contributed by atoms with Crippen LogP contribution in [0.1, 0.15) is 23.6 Å². The van der Waals surface area contributed by atoms with Gasteiger partial charge in [-0.05, 0) is 52.9 Å². The normalized spacial score (nSPS) is 12.6. The zero-order chi connectivity index (χ0) is 12.1. The average Bonchev–Trinajstić information content (AvgIpc) is 2.83. The Labute approximate surface area is 104 Å². The molecule has 90 valence electrons. The maximum Gasteiger partial charge on any atom is 0.123 e. The third-order valence-electron chi connectivity index (χ3n) is 2.75. The number of aryl methyl sites for hydroxylation is 1. The van der Waals surface area contributed by atoms with E-state index in [1.165, 1.54) is 17.7 Å². The minimum absolute atomic E-state index is 0.00870. The van der Waals surface area contributed by atoms with Gasteiger partial charge in [-0.1, -0.05) is 12.1 Å². The van der Waals surface area contributed by atoms with Crippen LogP contribution >= 0.6 is 11.3 Å². The highest BCUT2D eigenvalue weighted by atomic mass is 32.1. The van der Waals surface area contributed by atoms with E-state index in [1.807, 2.05) is 6.07 Å². The van der Waals surface area contributed by atoms with Crippen molar-refractivity contribution in [2.24, 2.45) is 5.84 Å². The Morgan fingerprint density at radius 1 is 1.35 bits per heavy atom. The Bertz CT molecular complexity index is 456. The van der Waals surface area contributed by atoms with E-state index in [9.17, 15) is 4.39 Å². The second-order valence-corrected chi connectivity index (χ2v) is 4.72. The number of hydrazine groups is 1. The molecule has 4 heteroatoms. The number of hydrogen-bond acceptors (Lipinski definition) is 3. The van der Waals surface area contributed by atoms with Crippen LogP contribution in [0.5, 0.6) is 0 Å². The molecule has 3 N–H and O–H groups in total. The molecule has 0 radical (unpaired) electrons. The first kappa shape index (κ1) is 12.2. The second kappa shape index (κ2) is 5.91. The quantitative estimate of drug-likeness (QED) is 0.632. The van der Waals surface area contributed by atoms with E-state index in [4.69, 9.17) is 5.84 Å². The van der Waals surface area contributed by atoms with Crippen LogP contribution in [-0.2, 0) is 6.42 Å². The van der Waals surface area contributed by atoms with Gasteiger partial charge in [0.2, 0.25) is 0 Å². The van der Waals surface area contributed by atoms with Crippen molar-refractivity contribution in [2.75, 3.05) is 0 Å². The topological polar surface area (TPSA) is 38.0 Å². The van der Waals surface area contributed by atoms with Crippen LogP contribution in [0.2, 0.25) is 0 Å². The Kier molecular flexibility index (Phi) is 4.25. The zero-order valence-corrected chi connectivity index (χ0v) is 10.2. The lowest BCUT2D eigenvalue weighted by molar-refractivity contribution is 0.512. The summed E-state index contributed by atoms with van der Waals surface area (Å²) < 4.78 is 13.1. The lowest BCUT2D eigenvalue weighted by atomic mass is 10.0. The van der Waals surface area contributed by atoms with Gasteiger partial charge in [-0.2, -0.15) is 11.3 Å². The predicted molar refractivity (Wildman–Crippen MR) is 69.1 cm³/mol. The van der Waals surface area contributed by atoms with Gasteiger partial charge in [0.05, 0.1) is 0 Å². The van der Waals surface area contributed by atoms with Crippen LogP contribution in [0, 0.1) is 5.82 Å². The van der Waals surface area contributed by atoms with E-state index in [0.717, 1.165) is 18.4 Å². The largest absolute Gasteiger partial charge is 0.271 e. The van der Waals surface area contributed by atoms with Gasteiger partial charge in [0, 0.05) is 6.04 Å². The molecule has 1 unspecified atom stereocenters. The van der Waals surface area contributed by atoms with Crippen LogP contribution in [-0.4, -0.2) is 0 Å². The highest BCUT2D eigenvalue weighted by Crippen LogP contribution is 2.20. The number of thiophene rings is 1. The third kappa shape index (κ3) is 3.36. The monoisotopic (exact) mass is 250 g/mol. The molecule has 0 aliphatic carbocycles. The summed E-state index contributed by atoms with van der Waals surface area (Å²) in [4.78, 5) is 0. The van der Waals surface area contributed by atoms with Crippen molar-refractivity contribution in [1.29, 1.82) is 0 Å². The van der Waals surface area contributed by atoms with Crippen molar-refractivity contribution in [1.82, 2.24) is 5.43 Å². The highest BCUT2D eigenvalue weighted by molar-refractivity contribution is 7.07. The number of rotatable bonds is 5. The summed E-state index contributed by atoms with van der Waals surface area (Å²) >= 11 is 1.69. The molecule has 2 rings (SSSR count). The number of halogens is 1. The molecule has 0 aliphatic rings. The molecule has 0 fully saturated rings. The van der Waals surface area contributed by atoms with Crippen molar-refractivity contribution in [2.45, 2.75) is 18.9 Å². The van der Waals surface area contributed by atoms with Crippen LogP contribution < -0.4 is 11.3 Å². The predicted octanol–water partition coefficient (Wildman–Crippen LogP) is 3.02. The van der Waals surface area contributed by atoms with Crippen molar-refractivity contribution >= 4 is 11.3 Å². The summed E-state index contributed by atoms with van der Waals surface area (Å²) in [6.45, 7) is 0. The molecular weight excluding hydrogens is 235 g/mol. The van der Waals surface area contributed by atoms with Gasteiger partial charge < -0.3 is 0 Å². The van der Waals surface area contributed by atoms with E-state index in [0.29, 0.717) is 0 Å². The van der Waals surface area contributed by atoms with Crippen LogP contribution in [0.25, 0.3) is 0 Å². The van der Waals surface area contributed by atoms with Crippen molar-refractivity contribution < 1.29 is 4.39 Å². The van der Waals surface area contributed by atoms with Gasteiger partial charge in [0.25, 0.3) is 0 Å². The van der Waals surface area contributed by atoms with E-state index >= 15 is 0 Å². The van der Waals surface area contributed by atoms with Crippen molar-refractivity contribution in [3.05, 3.63) is 58.0 Å². The summed E-state index contributed by atoms with van der Waals surface area (Å²) in [6.07, 6.45) is 1.80. The van der Waals surface area contributed by atoms with E-state index in [-0.39, 0.29) is 11.9 Å². The number of hydrogen-bond donors (Lipinski definition) is 2. The molecule has 0 spiro atoms. The summed E-state index contributed by atoms with van der Waals surface area (Å²) in [7, 11) is 0. The minimum Gasteiger partial charge on any atom is -0.271 e. The van der Waals surface area contributed by atoms with Crippen LogP contribution in [0.3, 0.4) is 0 Å².